The van der Waals surface area contributed by atoms with E-state index >= 15 is 0 Å². The van der Waals surface area contributed by atoms with Crippen LogP contribution < -0.4 is 5.32 Å². The van der Waals surface area contributed by atoms with Crippen molar-refractivity contribution in [1.82, 2.24) is 10.3 Å². The van der Waals surface area contributed by atoms with Gasteiger partial charge < -0.3 is 5.32 Å². The lowest BCUT2D eigenvalue weighted by atomic mass is 10.1. The topological polar surface area (TPSA) is 42.0 Å². The fourth-order valence-corrected chi connectivity index (χ4v) is 2.25. The summed E-state index contributed by atoms with van der Waals surface area (Å²) in [7, 11) is 0. The summed E-state index contributed by atoms with van der Waals surface area (Å²) in [5, 5.41) is 2.98. The number of rotatable bonds is 3. The predicted molar refractivity (Wildman–Crippen MR) is 79.0 cm³/mol. The standard InChI is InChI=1S/C15H15BrN2O/c1-10-3-4-14(16)13(9-10)15(19)18-11(2)12-5-7-17-8-6-12/h3-9,11H,1-2H3,(H,18,19). The van der Waals surface area contributed by atoms with Gasteiger partial charge >= 0.3 is 0 Å². The second-order valence-electron chi connectivity index (χ2n) is 4.46. The highest BCUT2D eigenvalue weighted by Gasteiger charge is 2.13. The molecule has 1 unspecified atom stereocenters. The molecule has 1 N–H and O–H groups in total. The number of carbonyl (C=O) groups excluding carboxylic acids is 1. The van der Waals surface area contributed by atoms with E-state index in [1.54, 1.807) is 12.4 Å². The Bertz CT molecular complexity index is 584. The number of halogens is 1. The van der Waals surface area contributed by atoms with E-state index in [2.05, 4.69) is 26.2 Å². The number of hydrogen-bond donors (Lipinski definition) is 1. The summed E-state index contributed by atoms with van der Waals surface area (Å²) in [5.41, 5.74) is 2.75. The normalized spacial score (nSPS) is 11.9. The number of benzene rings is 1. The minimum atomic E-state index is -0.0834. The van der Waals surface area contributed by atoms with Gasteiger partial charge in [0, 0.05) is 16.9 Å². The summed E-state index contributed by atoms with van der Waals surface area (Å²) in [6.07, 6.45) is 3.45. The quantitative estimate of drug-likeness (QED) is 0.938. The minimum absolute atomic E-state index is 0.0529. The Kier molecular flexibility index (Phi) is 4.32. The van der Waals surface area contributed by atoms with Gasteiger partial charge in [-0.3, -0.25) is 9.78 Å². The Balaban J connectivity index is 2.15. The van der Waals surface area contributed by atoms with E-state index in [0.29, 0.717) is 5.56 Å². The van der Waals surface area contributed by atoms with Crippen molar-refractivity contribution in [1.29, 1.82) is 0 Å². The maximum Gasteiger partial charge on any atom is 0.252 e. The number of hydrogen-bond acceptors (Lipinski definition) is 2. The van der Waals surface area contributed by atoms with Crippen molar-refractivity contribution in [3.8, 4) is 0 Å². The average Bonchev–Trinajstić information content (AvgIpc) is 2.42. The second-order valence-corrected chi connectivity index (χ2v) is 5.31. The Hall–Kier alpha value is -1.68. The number of nitrogens with one attached hydrogen (secondary N) is 1. The SMILES string of the molecule is Cc1ccc(Br)c(C(=O)NC(C)c2ccncc2)c1. The summed E-state index contributed by atoms with van der Waals surface area (Å²) in [6.45, 7) is 3.92. The Morgan fingerprint density at radius 2 is 1.95 bits per heavy atom. The van der Waals surface area contributed by atoms with Crippen LogP contribution >= 0.6 is 15.9 Å². The van der Waals surface area contributed by atoms with Gasteiger partial charge in [0.2, 0.25) is 0 Å². The summed E-state index contributed by atoms with van der Waals surface area (Å²) < 4.78 is 0.803. The molecule has 2 rings (SSSR count). The van der Waals surface area contributed by atoms with Crippen LogP contribution in [0.15, 0.2) is 47.2 Å². The molecule has 0 saturated carbocycles. The Morgan fingerprint density at radius 3 is 2.63 bits per heavy atom. The molecule has 19 heavy (non-hydrogen) atoms. The van der Waals surface area contributed by atoms with Gasteiger partial charge in [-0.2, -0.15) is 0 Å². The van der Waals surface area contributed by atoms with E-state index in [1.165, 1.54) is 0 Å². The third-order valence-corrected chi connectivity index (χ3v) is 3.61. The lowest BCUT2D eigenvalue weighted by Crippen LogP contribution is -2.27. The van der Waals surface area contributed by atoms with E-state index in [4.69, 9.17) is 0 Å². The highest BCUT2D eigenvalue weighted by Crippen LogP contribution is 2.19. The van der Waals surface area contributed by atoms with Gasteiger partial charge in [-0.05, 0) is 59.6 Å². The summed E-state index contributed by atoms with van der Waals surface area (Å²) in [5.74, 6) is -0.0834. The third-order valence-electron chi connectivity index (χ3n) is 2.92. The molecule has 0 aliphatic carbocycles. The molecule has 0 bridgehead atoms. The molecular weight excluding hydrogens is 304 g/mol. The monoisotopic (exact) mass is 318 g/mol. The molecule has 4 heteroatoms. The molecule has 98 valence electrons. The molecule has 0 saturated heterocycles. The number of amides is 1. The van der Waals surface area contributed by atoms with Crippen LogP contribution in [-0.4, -0.2) is 10.9 Å². The van der Waals surface area contributed by atoms with E-state index in [0.717, 1.165) is 15.6 Å². The van der Waals surface area contributed by atoms with Gasteiger partial charge in [0.1, 0.15) is 0 Å². The van der Waals surface area contributed by atoms with Gasteiger partial charge in [-0.25, -0.2) is 0 Å². The molecule has 1 aromatic heterocycles. The molecule has 1 amide bonds. The van der Waals surface area contributed by atoms with Crippen LogP contribution in [0.5, 0.6) is 0 Å². The van der Waals surface area contributed by atoms with Crippen molar-refractivity contribution in [3.05, 3.63) is 63.9 Å². The molecule has 0 fully saturated rings. The number of aryl methyl sites for hydroxylation is 1. The van der Waals surface area contributed by atoms with Gasteiger partial charge in [-0.1, -0.05) is 11.6 Å². The number of nitrogens with zero attached hydrogens (tertiary/aromatic N) is 1. The first-order chi connectivity index (χ1) is 9.08. The number of carbonyl (C=O) groups is 1. The van der Waals surface area contributed by atoms with Crippen LogP contribution in [-0.2, 0) is 0 Å². The molecule has 1 aromatic carbocycles. The first kappa shape index (κ1) is 13.7. The van der Waals surface area contributed by atoms with Gasteiger partial charge in [-0.15, -0.1) is 0 Å². The molecule has 0 spiro atoms. The number of aromatic nitrogens is 1. The lowest BCUT2D eigenvalue weighted by molar-refractivity contribution is 0.0939. The van der Waals surface area contributed by atoms with E-state index in [9.17, 15) is 4.79 Å². The largest absolute Gasteiger partial charge is 0.345 e. The molecular formula is C15H15BrN2O. The molecule has 1 atom stereocenters. The van der Waals surface area contributed by atoms with Crippen molar-refractivity contribution in [3.63, 3.8) is 0 Å². The maximum atomic E-state index is 12.2. The third kappa shape index (κ3) is 3.41. The zero-order valence-corrected chi connectivity index (χ0v) is 12.4. The fraction of sp³-hybridized carbons (Fsp3) is 0.200. The van der Waals surface area contributed by atoms with Crippen LogP contribution in [0, 0.1) is 6.92 Å². The Labute approximate surface area is 121 Å². The second kappa shape index (κ2) is 5.97. The fourth-order valence-electron chi connectivity index (χ4n) is 1.82. The maximum absolute atomic E-state index is 12.2. The average molecular weight is 319 g/mol. The molecule has 3 nitrogen and oxygen atoms in total. The summed E-state index contributed by atoms with van der Waals surface area (Å²) in [6, 6.07) is 9.47. The van der Waals surface area contributed by atoms with Crippen LogP contribution in [0.2, 0.25) is 0 Å². The van der Waals surface area contributed by atoms with Crippen LogP contribution in [0.1, 0.15) is 34.5 Å². The van der Waals surface area contributed by atoms with Gasteiger partial charge in [0.05, 0.1) is 11.6 Å². The lowest BCUT2D eigenvalue weighted by Gasteiger charge is -2.15. The Morgan fingerprint density at radius 1 is 1.26 bits per heavy atom. The molecule has 2 aromatic rings. The first-order valence-corrected chi connectivity index (χ1v) is 6.84. The minimum Gasteiger partial charge on any atom is -0.345 e. The molecule has 1 heterocycles. The molecule has 0 aliphatic rings. The van der Waals surface area contributed by atoms with Crippen molar-refractivity contribution in [2.24, 2.45) is 0 Å². The zero-order valence-electron chi connectivity index (χ0n) is 10.9. The van der Waals surface area contributed by atoms with Crippen molar-refractivity contribution >= 4 is 21.8 Å². The predicted octanol–water partition coefficient (Wildman–Crippen LogP) is 3.64. The van der Waals surface area contributed by atoms with Crippen molar-refractivity contribution in [2.45, 2.75) is 19.9 Å². The van der Waals surface area contributed by atoms with E-state index in [-0.39, 0.29) is 11.9 Å². The van der Waals surface area contributed by atoms with Gasteiger partial charge in [0.15, 0.2) is 0 Å². The van der Waals surface area contributed by atoms with Crippen LogP contribution in [0.25, 0.3) is 0 Å². The van der Waals surface area contributed by atoms with Crippen molar-refractivity contribution in [2.75, 3.05) is 0 Å². The zero-order chi connectivity index (χ0) is 13.8. The van der Waals surface area contributed by atoms with E-state index in [1.807, 2.05) is 44.2 Å². The molecule has 0 radical (unpaired) electrons. The van der Waals surface area contributed by atoms with Crippen LogP contribution in [0.4, 0.5) is 0 Å². The summed E-state index contributed by atoms with van der Waals surface area (Å²) >= 11 is 3.41. The highest BCUT2D eigenvalue weighted by atomic mass is 79.9. The molecule has 0 aliphatic heterocycles. The van der Waals surface area contributed by atoms with Gasteiger partial charge in [0.25, 0.3) is 5.91 Å². The smallest absolute Gasteiger partial charge is 0.252 e. The number of pyridine rings is 1. The van der Waals surface area contributed by atoms with Crippen molar-refractivity contribution < 1.29 is 4.79 Å². The summed E-state index contributed by atoms with van der Waals surface area (Å²) in [4.78, 5) is 16.2. The van der Waals surface area contributed by atoms with E-state index < -0.39 is 0 Å². The highest BCUT2D eigenvalue weighted by molar-refractivity contribution is 9.10. The van der Waals surface area contributed by atoms with Crippen LogP contribution in [0.3, 0.4) is 0 Å². The first-order valence-electron chi connectivity index (χ1n) is 6.05.